The molecule has 0 saturated carbocycles. The smallest absolute Gasteiger partial charge is 0.321 e. The lowest BCUT2D eigenvalue weighted by Crippen LogP contribution is -2.44. The van der Waals surface area contributed by atoms with Crippen LogP contribution in [0.15, 0.2) is 18.2 Å². The van der Waals surface area contributed by atoms with E-state index < -0.39 is 24.5 Å². The maximum atomic E-state index is 11.6. The number of nitrogens with two attached hydrogens (primary N) is 1. The van der Waals surface area contributed by atoms with Crippen molar-refractivity contribution in [3.8, 4) is 5.75 Å². The van der Waals surface area contributed by atoms with E-state index in [9.17, 15) is 14.4 Å². The molecule has 0 aliphatic rings. The van der Waals surface area contributed by atoms with Crippen LogP contribution in [-0.4, -0.2) is 30.5 Å². The van der Waals surface area contributed by atoms with Gasteiger partial charge in [-0.1, -0.05) is 18.5 Å². The number of amides is 4. The topological polar surface area (TPSA) is 111 Å². The Balaban J connectivity index is 2.58. The van der Waals surface area contributed by atoms with E-state index in [0.717, 1.165) is 6.42 Å². The quantitative estimate of drug-likeness (QED) is 0.734. The molecule has 0 unspecified atom stereocenters. The monoisotopic (exact) mass is 327 g/mol. The van der Waals surface area contributed by atoms with Crippen LogP contribution < -0.4 is 21.1 Å². The Labute approximate surface area is 133 Å². The highest BCUT2D eigenvalue weighted by Gasteiger charge is 2.14. The van der Waals surface area contributed by atoms with Crippen molar-refractivity contribution < 1.29 is 19.1 Å². The van der Waals surface area contributed by atoms with Gasteiger partial charge in [0.05, 0.1) is 5.56 Å². The highest BCUT2D eigenvalue weighted by molar-refractivity contribution is 6.31. The molecule has 4 N–H and O–H groups in total. The Morgan fingerprint density at radius 1 is 1.36 bits per heavy atom. The number of ether oxygens (including phenoxy) is 1. The summed E-state index contributed by atoms with van der Waals surface area (Å²) in [5.74, 6) is -1.26. The molecule has 0 heterocycles. The number of imide groups is 1. The summed E-state index contributed by atoms with van der Waals surface area (Å²) in [4.78, 5) is 34.3. The molecule has 0 radical (unpaired) electrons. The predicted octanol–water partition coefficient (Wildman–Crippen LogP) is 1.44. The first-order chi connectivity index (χ1) is 10.3. The molecule has 0 aromatic heterocycles. The minimum Gasteiger partial charge on any atom is -0.483 e. The Kier molecular flexibility index (Phi) is 6.65. The molecular weight excluding hydrogens is 310 g/mol. The summed E-state index contributed by atoms with van der Waals surface area (Å²) in [7, 11) is 0. The van der Waals surface area contributed by atoms with Gasteiger partial charge in [-0.15, -0.1) is 0 Å². The summed E-state index contributed by atoms with van der Waals surface area (Å²) in [6.45, 7) is 3.28. The van der Waals surface area contributed by atoms with Crippen LogP contribution in [0.4, 0.5) is 4.79 Å². The van der Waals surface area contributed by atoms with E-state index in [4.69, 9.17) is 22.1 Å². The standard InChI is InChI=1S/C14H18ClN3O4/c1-3-8(2)17-14(21)18-12(19)7-22-11-5-4-9(15)6-10(11)13(16)20/h4-6,8H,3,7H2,1-2H3,(H2,16,20)(H2,17,18,19,21)/t8-/m0/s1. The zero-order valence-corrected chi connectivity index (χ0v) is 13.1. The summed E-state index contributed by atoms with van der Waals surface area (Å²) in [5.41, 5.74) is 5.26. The number of primary amides is 1. The van der Waals surface area contributed by atoms with Crippen molar-refractivity contribution in [2.75, 3.05) is 6.61 Å². The van der Waals surface area contributed by atoms with Crippen LogP contribution in [0, 0.1) is 0 Å². The fourth-order valence-corrected chi connectivity index (χ4v) is 1.66. The minimum absolute atomic E-state index is 0.0496. The van der Waals surface area contributed by atoms with Gasteiger partial charge in [0.1, 0.15) is 5.75 Å². The molecule has 0 aliphatic heterocycles. The number of benzene rings is 1. The Bertz CT molecular complexity index is 577. The number of urea groups is 1. The first kappa shape index (κ1) is 17.8. The summed E-state index contributed by atoms with van der Waals surface area (Å²) in [6.07, 6.45) is 0.741. The SMILES string of the molecule is CC[C@H](C)NC(=O)NC(=O)COc1ccc(Cl)cc1C(N)=O. The van der Waals surface area contributed by atoms with E-state index >= 15 is 0 Å². The molecule has 0 saturated heterocycles. The summed E-state index contributed by atoms with van der Waals surface area (Å²) >= 11 is 5.76. The van der Waals surface area contributed by atoms with Gasteiger partial charge >= 0.3 is 6.03 Å². The van der Waals surface area contributed by atoms with Crippen molar-refractivity contribution in [1.82, 2.24) is 10.6 Å². The Morgan fingerprint density at radius 3 is 2.64 bits per heavy atom. The lowest BCUT2D eigenvalue weighted by atomic mass is 10.2. The second-order valence-electron chi connectivity index (χ2n) is 4.62. The molecule has 0 aliphatic carbocycles. The minimum atomic E-state index is -0.729. The third-order valence-corrected chi connectivity index (χ3v) is 3.04. The lowest BCUT2D eigenvalue weighted by molar-refractivity contribution is -0.122. The van der Waals surface area contributed by atoms with Crippen molar-refractivity contribution in [2.24, 2.45) is 5.73 Å². The van der Waals surface area contributed by atoms with Gasteiger partial charge in [-0.05, 0) is 31.5 Å². The molecule has 1 aromatic rings. The molecule has 1 atom stereocenters. The van der Waals surface area contributed by atoms with Gasteiger partial charge in [0, 0.05) is 11.1 Å². The van der Waals surface area contributed by atoms with Crippen molar-refractivity contribution in [3.05, 3.63) is 28.8 Å². The van der Waals surface area contributed by atoms with Crippen molar-refractivity contribution >= 4 is 29.4 Å². The fraction of sp³-hybridized carbons (Fsp3) is 0.357. The lowest BCUT2D eigenvalue weighted by Gasteiger charge is -2.13. The van der Waals surface area contributed by atoms with E-state index in [1.165, 1.54) is 18.2 Å². The van der Waals surface area contributed by atoms with Gasteiger partial charge in [0.15, 0.2) is 6.61 Å². The molecule has 0 fully saturated rings. The van der Waals surface area contributed by atoms with Gasteiger partial charge in [0.25, 0.3) is 11.8 Å². The number of carbonyl (C=O) groups is 3. The molecule has 22 heavy (non-hydrogen) atoms. The van der Waals surface area contributed by atoms with Crippen LogP contribution in [0.2, 0.25) is 5.02 Å². The van der Waals surface area contributed by atoms with Crippen molar-refractivity contribution in [1.29, 1.82) is 0 Å². The summed E-state index contributed by atoms with van der Waals surface area (Å²) in [5, 5.41) is 5.02. The van der Waals surface area contributed by atoms with Crippen LogP contribution in [0.3, 0.4) is 0 Å². The third-order valence-electron chi connectivity index (χ3n) is 2.81. The van der Waals surface area contributed by atoms with E-state index in [2.05, 4.69) is 10.6 Å². The zero-order valence-electron chi connectivity index (χ0n) is 12.3. The average Bonchev–Trinajstić information content (AvgIpc) is 2.45. The van der Waals surface area contributed by atoms with Gasteiger partial charge in [-0.3, -0.25) is 14.9 Å². The van der Waals surface area contributed by atoms with Crippen LogP contribution in [0.5, 0.6) is 5.75 Å². The van der Waals surface area contributed by atoms with E-state index in [-0.39, 0.29) is 17.4 Å². The second kappa shape index (κ2) is 8.23. The van der Waals surface area contributed by atoms with Gasteiger partial charge in [0.2, 0.25) is 0 Å². The normalized spacial score (nSPS) is 11.4. The maximum Gasteiger partial charge on any atom is 0.321 e. The molecular formula is C14H18ClN3O4. The van der Waals surface area contributed by atoms with Crippen molar-refractivity contribution in [3.63, 3.8) is 0 Å². The number of carbonyl (C=O) groups excluding carboxylic acids is 3. The first-order valence-corrected chi connectivity index (χ1v) is 7.03. The number of hydrogen-bond donors (Lipinski definition) is 3. The van der Waals surface area contributed by atoms with Crippen LogP contribution in [-0.2, 0) is 4.79 Å². The van der Waals surface area contributed by atoms with Crippen LogP contribution >= 0.6 is 11.6 Å². The Hall–Kier alpha value is -2.28. The van der Waals surface area contributed by atoms with Gasteiger partial charge in [-0.25, -0.2) is 4.79 Å². The van der Waals surface area contributed by atoms with Gasteiger partial charge in [-0.2, -0.15) is 0 Å². The number of nitrogens with one attached hydrogen (secondary N) is 2. The number of hydrogen-bond acceptors (Lipinski definition) is 4. The van der Waals surface area contributed by atoms with Crippen LogP contribution in [0.25, 0.3) is 0 Å². The molecule has 120 valence electrons. The largest absolute Gasteiger partial charge is 0.483 e. The van der Waals surface area contributed by atoms with E-state index in [1.54, 1.807) is 0 Å². The van der Waals surface area contributed by atoms with E-state index in [1.807, 2.05) is 13.8 Å². The molecule has 8 heteroatoms. The van der Waals surface area contributed by atoms with Crippen LogP contribution in [0.1, 0.15) is 30.6 Å². The molecule has 4 amide bonds. The molecule has 7 nitrogen and oxygen atoms in total. The zero-order chi connectivity index (χ0) is 16.7. The summed E-state index contributed by atoms with van der Waals surface area (Å²) in [6, 6.07) is 3.61. The molecule has 0 bridgehead atoms. The predicted molar refractivity (Wildman–Crippen MR) is 81.9 cm³/mol. The van der Waals surface area contributed by atoms with Crippen molar-refractivity contribution in [2.45, 2.75) is 26.3 Å². The highest BCUT2D eigenvalue weighted by atomic mass is 35.5. The maximum absolute atomic E-state index is 11.6. The summed E-state index contributed by atoms with van der Waals surface area (Å²) < 4.78 is 5.20. The van der Waals surface area contributed by atoms with Gasteiger partial charge < -0.3 is 15.8 Å². The second-order valence-corrected chi connectivity index (χ2v) is 5.06. The fourth-order valence-electron chi connectivity index (χ4n) is 1.49. The Morgan fingerprint density at radius 2 is 2.05 bits per heavy atom. The molecule has 1 aromatic carbocycles. The molecule has 0 spiro atoms. The number of halogens is 1. The third kappa shape index (κ3) is 5.61. The van der Waals surface area contributed by atoms with E-state index in [0.29, 0.717) is 5.02 Å². The number of rotatable bonds is 6. The average molecular weight is 328 g/mol. The molecule has 1 rings (SSSR count). The first-order valence-electron chi connectivity index (χ1n) is 6.66. The highest BCUT2D eigenvalue weighted by Crippen LogP contribution is 2.22.